The number of hydrogen-bond donors (Lipinski definition) is 1. The summed E-state index contributed by atoms with van der Waals surface area (Å²) in [7, 11) is 0. The molecule has 0 saturated heterocycles. The predicted octanol–water partition coefficient (Wildman–Crippen LogP) is 3.15. The summed E-state index contributed by atoms with van der Waals surface area (Å²) in [5.41, 5.74) is 10.2. The van der Waals surface area contributed by atoms with Crippen LogP contribution in [-0.4, -0.2) is 16.3 Å². The highest BCUT2D eigenvalue weighted by atomic mass is 35.5. The van der Waals surface area contributed by atoms with Gasteiger partial charge >= 0.3 is 0 Å². The Morgan fingerprint density at radius 1 is 1.18 bits per heavy atom. The average Bonchev–Trinajstić information content (AvgIpc) is 2.53. The van der Waals surface area contributed by atoms with Gasteiger partial charge in [-0.05, 0) is 35.4 Å². The first-order chi connectivity index (χ1) is 10.7. The molecule has 3 aromatic rings. The number of pyridine rings is 2. The zero-order valence-electron chi connectivity index (χ0n) is 11.8. The summed E-state index contributed by atoms with van der Waals surface area (Å²) >= 11 is 6.02. The molecule has 0 unspecified atom stereocenters. The molecule has 0 atom stereocenters. The summed E-state index contributed by atoms with van der Waals surface area (Å²) in [6, 6.07) is 9.41. The largest absolute Gasteiger partial charge is 0.326 e. The first kappa shape index (κ1) is 14.6. The van der Waals surface area contributed by atoms with Crippen LogP contribution in [0.4, 0.5) is 0 Å². The van der Waals surface area contributed by atoms with Crippen molar-refractivity contribution in [3.63, 3.8) is 0 Å². The van der Waals surface area contributed by atoms with Gasteiger partial charge in [-0.1, -0.05) is 17.7 Å². The highest BCUT2D eigenvalue weighted by Gasteiger charge is 2.07. The standard InChI is InChI=1S/C17H14ClN3O/c18-15-7-13-3-12(4-14(8-19)17(13)21-9-15)6-16-5-11(10-22)1-2-20-16/h1-5,7,9-10H,6,8,19H2. The molecule has 0 saturated carbocycles. The highest BCUT2D eigenvalue weighted by molar-refractivity contribution is 6.31. The van der Waals surface area contributed by atoms with Gasteiger partial charge < -0.3 is 5.73 Å². The summed E-state index contributed by atoms with van der Waals surface area (Å²) in [5, 5.41) is 1.55. The number of carbonyl (C=O) groups excluding carboxylic acids is 1. The van der Waals surface area contributed by atoms with E-state index < -0.39 is 0 Å². The number of halogens is 1. The van der Waals surface area contributed by atoms with Gasteiger partial charge in [0.05, 0.1) is 10.5 Å². The smallest absolute Gasteiger partial charge is 0.150 e. The zero-order valence-corrected chi connectivity index (χ0v) is 12.5. The Balaban J connectivity index is 2.04. The molecule has 0 aliphatic rings. The van der Waals surface area contributed by atoms with Crippen molar-refractivity contribution < 1.29 is 4.79 Å². The number of benzene rings is 1. The summed E-state index contributed by atoms with van der Waals surface area (Å²) < 4.78 is 0. The van der Waals surface area contributed by atoms with Crippen molar-refractivity contribution >= 4 is 28.8 Å². The first-order valence-electron chi connectivity index (χ1n) is 6.87. The van der Waals surface area contributed by atoms with E-state index in [9.17, 15) is 4.79 Å². The SMILES string of the molecule is NCc1cc(Cc2cc(C=O)ccn2)cc2cc(Cl)cnc12. The van der Waals surface area contributed by atoms with E-state index in [0.717, 1.165) is 34.0 Å². The highest BCUT2D eigenvalue weighted by Crippen LogP contribution is 2.23. The number of nitrogens with zero attached hydrogens (tertiary/aromatic N) is 2. The lowest BCUT2D eigenvalue weighted by molar-refractivity contribution is 0.112. The van der Waals surface area contributed by atoms with Crippen LogP contribution < -0.4 is 5.73 Å². The van der Waals surface area contributed by atoms with Crippen LogP contribution in [0.25, 0.3) is 10.9 Å². The second-order valence-corrected chi connectivity index (χ2v) is 5.50. The summed E-state index contributed by atoms with van der Waals surface area (Å²) in [6.45, 7) is 0.404. The number of hydrogen-bond acceptors (Lipinski definition) is 4. The minimum absolute atomic E-state index is 0.404. The normalized spacial score (nSPS) is 10.8. The van der Waals surface area contributed by atoms with Crippen LogP contribution in [0.1, 0.15) is 27.2 Å². The number of carbonyl (C=O) groups is 1. The fourth-order valence-corrected chi connectivity index (χ4v) is 2.67. The Morgan fingerprint density at radius 3 is 2.82 bits per heavy atom. The van der Waals surface area contributed by atoms with Crippen molar-refractivity contribution in [1.29, 1.82) is 0 Å². The van der Waals surface area contributed by atoms with E-state index in [1.165, 1.54) is 0 Å². The van der Waals surface area contributed by atoms with Gasteiger partial charge in [0, 0.05) is 42.0 Å². The molecule has 2 N–H and O–H groups in total. The lowest BCUT2D eigenvalue weighted by Crippen LogP contribution is -2.01. The van der Waals surface area contributed by atoms with Gasteiger partial charge in [-0.3, -0.25) is 14.8 Å². The molecule has 3 rings (SSSR count). The fourth-order valence-electron chi connectivity index (χ4n) is 2.50. The Hall–Kier alpha value is -2.30. The summed E-state index contributed by atoms with van der Waals surface area (Å²) in [4.78, 5) is 19.5. The molecule has 5 heteroatoms. The van der Waals surface area contributed by atoms with E-state index in [1.807, 2.05) is 18.2 Å². The second-order valence-electron chi connectivity index (χ2n) is 5.06. The van der Waals surface area contributed by atoms with Gasteiger partial charge in [0.15, 0.2) is 0 Å². The van der Waals surface area contributed by atoms with E-state index in [4.69, 9.17) is 17.3 Å². The molecule has 1 aromatic carbocycles. The molecule has 0 aliphatic heterocycles. The molecule has 0 fully saturated rings. The van der Waals surface area contributed by atoms with Crippen LogP contribution in [-0.2, 0) is 13.0 Å². The van der Waals surface area contributed by atoms with Gasteiger partial charge in [0.2, 0.25) is 0 Å². The Bertz CT molecular complexity index is 848. The number of fused-ring (bicyclic) bond motifs is 1. The Labute approximate surface area is 133 Å². The fraction of sp³-hybridized carbons (Fsp3) is 0.118. The molecule has 110 valence electrons. The monoisotopic (exact) mass is 311 g/mol. The number of aromatic nitrogens is 2. The summed E-state index contributed by atoms with van der Waals surface area (Å²) in [6.07, 6.45) is 4.71. The molecule has 2 heterocycles. The average molecular weight is 312 g/mol. The predicted molar refractivity (Wildman–Crippen MR) is 87.1 cm³/mol. The lowest BCUT2D eigenvalue weighted by atomic mass is 10.0. The molecule has 0 aliphatic carbocycles. The molecule has 0 spiro atoms. The maximum atomic E-state index is 10.9. The van der Waals surface area contributed by atoms with Gasteiger partial charge in [-0.25, -0.2) is 0 Å². The van der Waals surface area contributed by atoms with Gasteiger partial charge in [0.1, 0.15) is 6.29 Å². The van der Waals surface area contributed by atoms with Crippen LogP contribution in [0, 0.1) is 0 Å². The lowest BCUT2D eigenvalue weighted by Gasteiger charge is -2.09. The first-order valence-corrected chi connectivity index (χ1v) is 7.24. The van der Waals surface area contributed by atoms with E-state index in [2.05, 4.69) is 9.97 Å². The molecular weight excluding hydrogens is 298 g/mol. The van der Waals surface area contributed by atoms with Crippen molar-refractivity contribution in [1.82, 2.24) is 9.97 Å². The maximum absolute atomic E-state index is 10.9. The van der Waals surface area contributed by atoms with Crippen molar-refractivity contribution in [3.8, 4) is 0 Å². The quantitative estimate of drug-likeness (QED) is 0.751. The number of aldehydes is 1. The minimum Gasteiger partial charge on any atom is -0.326 e. The van der Waals surface area contributed by atoms with E-state index in [1.54, 1.807) is 24.5 Å². The molecular formula is C17H14ClN3O. The van der Waals surface area contributed by atoms with E-state index in [-0.39, 0.29) is 0 Å². The van der Waals surface area contributed by atoms with Crippen molar-refractivity contribution in [2.75, 3.05) is 0 Å². The molecule has 0 amide bonds. The number of rotatable bonds is 4. The topological polar surface area (TPSA) is 68.9 Å². The molecule has 0 bridgehead atoms. The van der Waals surface area contributed by atoms with Crippen LogP contribution in [0.15, 0.2) is 42.7 Å². The van der Waals surface area contributed by atoms with Crippen LogP contribution >= 0.6 is 11.6 Å². The molecule has 4 nitrogen and oxygen atoms in total. The second kappa shape index (κ2) is 6.22. The van der Waals surface area contributed by atoms with Gasteiger partial charge in [0.25, 0.3) is 0 Å². The Kier molecular flexibility index (Phi) is 4.13. The van der Waals surface area contributed by atoms with E-state index in [0.29, 0.717) is 23.6 Å². The third-order valence-electron chi connectivity index (χ3n) is 3.47. The van der Waals surface area contributed by atoms with Crippen LogP contribution in [0.2, 0.25) is 5.02 Å². The zero-order chi connectivity index (χ0) is 15.5. The third kappa shape index (κ3) is 2.98. The van der Waals surface area contributed by atoms with Gasteiger partial charge in [-0.15, -0.1) is 0 Å². The number of nitrogens with two attached hydrogens (primary N) is 1. The molecule has 22 heavy (non-hydrogen) atoms. The minimum atomic E-state index is 0.404. The van der Waals surface area contributed by atoms with Crippen molar-refractivity contribution in [2.45, 2.75) is 13.0 Å². The molecule has 0 radical (unpaired) electrons. The van der Waals surface area contributed by atoms with Crippen LogP contribution in [0.5, 0.6) is 0 Å². The van der Waals surface area contributed by atoms with Crippen molar-refractivity contribution in [3.05, 3.63) is 70.1 Å². The Morgan fingerprint density at radius 2 is 2.05 bits per heavy atom. The van der Waals surface area contributed by atoms with Gasteiger partial charge in [-0.2, -0.15) is 0 Å². The van der Waals surface area contributed by atoms with Crippen LogP contribution in [0.3, 0.4) is 0 Å². The summed E-state index contributed by atoms with van der Waals surface area (Å²) in [5.74, 6) is 0. The molecule has 2 aromatic heterocycles. The maximum Gasteiger partial charge on any atom is 0.150 e. The van der Waals surface area contributed by atoms with E-state index >= 15 is 0 Å². The van der Waals surface area contributed by atoms with Crippen molar-refractivity contribution in [2.24, 2.45) is 5.73 Å². The third-order valence-corrected chi connectivity index (χ3v) is 3.68.